The number of nitrogens with two attached hydrogens (primary N) is 1. The molecule has 0 amide bonds. The molecule has 0 saturated carbocycles. The van der Waals surface area contributed by atoms with Gasteiger partial charge in [0.25, 0.3) is 0 Å². The first-order chi connectivity index (χ1) is 12.7. The number of benzene rings is 1. The van der Waals surface area contributed by atoms with E-state index in [1.54, 1.807) is 18.0 Å². The van der Waals surface area contributed by atoms with Crippen molar-refractivity contribution in [3.05, 3.63) is 29.8 Å². The standard InChI is InChI=1S/C19H30N2O4S2/c1-11(27-13-7-5-12(6-8-13)9-10-21(2)3)14(20)18-16(23)15(22)17(24)19(25-18)26-4/h5-8,11,14,16-19,23-24H,9-10,20H2,1-4H3. The van der Waals surface area contributed by atoms with Crippen molar-refractivity contribution < 1.29 is 19.7 Å². The lowest BCUT2D eigenvalue weighted by Gasteiger charge is -2.39. The van der Waals surface area contributed by atoms with E-state index >= 15 is 0 Å². The monoisotopic (exact) mass is 414 g/mol. The molecule has 0 radical (unpaired) electrons. The maximum Gasteiger partial charge on any atom is 0.195 e. The number of nitrogens with zero attached hydrogens (tertiary/aromatic N) is 1. The minimum absolute atomic E-state index is 0.0807. The first kappa shape index (κ1) is 22.7. The molecule has 27 heavy (non-hydrogen) atoms. The highest BCUT2D eigenvalue weighted by Crippen LogP contribution is 2.31. The summed E-state index contributed by atoms with van der Waals surface area (Å²) in [4.78, 5) is 15.3. The van der Waals surface area contributed by atoms with Gasteiger partial charge in [0.05, 0.1) is 0 Å². The summed E-state index contributed by atoms with van der Waals surface area (Å²) >= 11 is 2.82. The summed E-state index contributed by atoms with van der Waals surface area (Å²) in [6.45, 7) is 2.95. The quantitative estimate of drug-likeness (QED) is 0.542. The van der Waals surface area contributed by atoms with Gasteiger partial charge in [-0.1, -0.05) is 19.1 Å². The first-order valence-corrected chi connectivity index (χ1v) is 11.2. The summed E-state index contributed by atoms with van der Waals surface area (Å²) in [5.74, 6) is -0.622. The van der Waals surface area contributed by atoms with E-state index in [0.717, 1.165) is 17.9 Å². The van der Waals surface area contributed by atoms with Crippen LogP contribution in [0, 0.1) is 0 Å². The van der Waals surface area contributed by atoms with Crippen LogP contribution in [0.25, 0.3) is 0 Å². The zero-order chi connectivity index (χ0) is 20.1. The molecular formula is C19H30N2O4S2. The van der Waals surface area contributed by atoms with Crippen LogP contribution in [0.3, 0.4) is 0 Å². The predicted octanol–water partition coefficient (Wildman–Crippen LogP) is 0.977. The van der Waals surface area contributed by atoms with Gasteiger partial charge < -0.3 is 25.6 Å². The van der Waals surface area contributed by atoms with E-state index in [1.807, 2.05) is 6.92 Å². The summed E-state index contributed by atoms with van der Waals surface area (Å²) in [6, 6.07) is 7.80. The van der Waals surface area contributed by atoms with Gasteiger partial charge in [-0.3, -0.25) is 4.79 Å². The van der Waals surface area contributed by atoms with Gasteiger partial charge in [0.15, 0.2) is 11.9 Å². The molecule has 1 aliphatic heterocycles. The fourth-order valence-electron chi connectivity index (χ4n) is 2.91. The molecule has 8 heteroatoms. The minimum Gasteiger partial charge on any atom is -0.382 e. The second kappa shape index (κ2) is 10.2. The Kier molecular flexibility index (Phi) is 8.61. The number of likely N-dealkylation sites (N-methyl/N-ethyl adjacent to an activating group) is 1. The Bertz CT molecular complexity index is 614. The van der Waals surface area contributed by atoms with Crippen LogP contribution < -0.4 is 5.73 Å². The predicted molar refractivity (Wildman–Crippen MR) is 111 cm³/mol. The second-order valence-corrected chi connectivity index (χ2v) is 9.48. The molecule has 1 fully saturated rings. The van der Waals surface area contributed by atoms with Gasteiger partial charge >= 0.3 is 0 Å². The maximum atomic E-state index is 12.1. The second-order valence-electron chi connectivity index (χ2n) is 7.09. The van der Waals surface area contributed by atoms with Crippen molar-refractivity contribution >= 4 is 29.3 Å². The van der Waals surface area contributed by atoms with Gasteiger partial charge in [-0.25, -0.2) is 0 Å². The SMILES string of the molecule is CSC1OC(C(N)C(C)Sc2ccc(CCN(C)C)cc2)C(O)C(=O)C1O. The van der Waals surface area contributed by atoms with Crippen molar-refractivity contribution in [1.82, 2.24) is 4.90 Å². The van der Waals surface area contributed by atoms with E-state index in [0.29, 0.717) is 0 Å². The Balaban J connectivity index is 1.98. The third kappa shape index (κ3) is 5.93. The highest BCUT2D eigenvalue weighted by molar-refractivity contribution is 8.00. The van der Waals surface area contributed by atoms with Crippen LogP contribution >= 0.6 is 23.5 Å². The zero-order valence-electron chi connectivity index (χ0n) is 16.2. The minimum atomic E-state index is -1.41. The molecule has 0 aromatic heterocycles. The van der Waals surface area contributed by atoms with Gasteiger partial charge in [-0.15, -0.1) is 23.5 Å². The van der Waals surface area contributed by atoms with Gasteiger partial charge in [0, 0.05) is 22.7 Å². The maximum absolute atomic E-state index is 12.1. The highest BCUT2D eigenvalue weighted by atomic mass is 32.2. The van der Waals surface area contributed by atoms with Crippen molar-refractivity contribution in [3.63, 3.8) is 0 Å². The molecule has 6 nitrogen and oxygen atoms in total. The number of carbonyl (C=O) groups excluding carboxylic acids is 1. The van der Waals surface area contributed by atoms with E-state index in [4.69, 9.17) is 10.5 Å². The molecule has 6 unspecified atom stereocenters. The fourth-order valence-corrected chi connectivity index (χ4v) is 4.57. The van der Waals surface area contributed by atoms with E-state index in [-0.39, 0.29) is 5.25 Å². The number of ketones is 1. The Morgan fingerprint density at radius 3 is 2.41 bits per heavy atom. The third-order valence-corrected chi connectivity index (χ3v) is 6.75. The number of carbonyl (C=O) groups is 1. The van der Waals surface area contributed by atoms with E-state index in [1.165, 1.54) is 17.3 Å². The summed E-state index contributed by atoms with van der Waals surface area (Å²) < 4.78 is 5.72. The largest absolute Gasteiger partial charge is 0.382 e. The lowest BCUT2D eigenvalue weighted by Crippen LogP contribution is -2.61. The van der Waals surface area contributed by atoms with Gasteiger partial charge in [-0.2, -0.15) is 0 Å². The van der Waals surface area contributed by atoms with Crippen LogP contribution in [0.1, 0.15) is 12.5 Å². The molecule has 1 aromatic rings. The van der Waals surface area contributed by atoms with E-state index in [9.17, 15) is 15.0 Å². The number of hydrogen-bond donors (Lipinski definition) is 3. The summed E-state index contributed by atoms with van der Waals surface area (Å²) in [6.07, 6.45) is -0.821. The van der Waals surface area contributed by atoms with Gasteiger partial charge in [0.2, 0.25) is 0 Å². The molecule has 0 spiro atoms. The molecule has 1 saturated heterocycles. The number of Topliss-reactive ketones (excluding diaryl/α,β-unsaturated/α-hetero) is 1. The van der Waals surface area contributed by atoms with Crippen molar-refractivity contribution in [2.45, 2.75) is 53.3 Å². The number of rotatable bonds is 8. The zero-order valence-corrected chi connectivity index (χ0v) is 17.9. The van der Waals surface area contributed by atoms with Crippen molar-refractivity contribution in [2.75, 3.05) is 26.9 Å². The molecule has 6 atom stereocenters. The number of aliphatic hydroxyl groups is 2. The number of aliphatic hydroxyl groups excluding tert-OH is 2. The van der Waals surface area contributed by atoms with Gasteiger partial charge in [0.1, 0.15) is 17.6 Å². The molecule has 1 aromatic carbocycles. The molecule has 152 valence electrons. The molecule has 4 N–H and O–H groups in total. The fraction of sp³-hybridized carbons (Fsp3) is 0.632. The van der Waals surface area contributed by atoms with Crippen molar-refractivity contribution in [3.8, 4) is 0 Å². The third-order valence-electron chi connectivity index (χ3n) is 4.69. The van der Waals surface area contributed by atoms with Crippen LogP contribution in [0.15, 0.2) is 29.2 Å². The Labute approximate surface area is 169 Å². The van der Waals surface area contributed by atoms with Crippen molar-refractivity contribution in [2.24, 2.45) is 5.73 Å². The normalized spacial score (nSPS) is 28.4. The van der Waals surface area contributed by atoms with E-state index in [2.05, 4.69) is 43.3 Å². The molecule has 0 aliphatic carbocycles. The molecule has 0 bridgehead atoms. The highest BCUT2D eigenvalue weighted by Gasteiger charge is 2.46. The molecule has 1 aliphatic rings. The Morgan fingerprint density at radius 1 is 1.22 bits per heavy atom. The average Bonchev–Trinajstić information content (AvgIpc) is 2.65. The van der Waals surface area contributed by atoms with Crippen LogP contribution in [0.5, 0.6) is 0 Å². The summed E-state index contributed by atoms with van der Waals surface area (Å²) in [5.41, 5.74) is 6.88. The Hall–Kier alpha value is -0.610. The molecular weight excluding hydrogens is 384 g/mol. The van der Waals surface area contributed by atoms with Crippen LogP contribution in [0.4, 0.5) is 0 Å². The number of ether oxygens (including phenoxy) is 1. The first-order valence-electron chi connectivity index (χ1n) is 8.98. The topological polar surface area (TPSA) is 96.0 Å². The smallest absolute Gasteiger partial charge is 0.195 e. The summed E-state index contributed by atoms with van der Waals surface area (Å²) in [7, 11) is 4.11. The number of hydrogen-bond acceptors (Lipinski definition) is 8. The number of thioether (sulfide) groups is 2. The van der Waals surface area contributed by atoms with Crippen LogP contribution in [0.2, 0.25) is 0 Å². The summed E-state index contributed by atoms with van der Waals surface area (Å²) in [5, 5.41) is 20.0. The Morgan fingerprint density at radius 2 is 1.85 bits per heavy atom. The molecule has 2 rings (SSSR count). The van der Waals surface area contributed by atoms with Crippen LogP contribution in [-0.4, -0.2) is 82.8 Å². The van der Waals surface area contributed by atoms with E-state index < -0.39 is 35.6 Å². The molecule has 1 heterocycles. The van der Waals surface area contributed by atoms with Gasteiger partial charge in [-0.05, 0) is 44.5 Å². The lowest BCUT2D eigenvalue weighted by molar-refractivity contribution is -0.171. The average molecular weight is 415 g/mol. The van der Waals surface area contributed by atoms with Crippen LogP contribution in [-0.2, 0) is 16.0 Å². The lowest BCUT2D eigenvalue weighted by atomic mass is 9.95. The van der Waals surface area contributed by atoms with Crippen molar-refractivity contribution in [1.29, 1.82) is 0 Å².